The van der Waals surface area contributed by atoms with Crippen LogP contribution in [0.25, 0.3) is 11.4 Å². The lowest BCUT2D eigenvalue weighted by Gasteiger charge is -2.17. The summed E-state index contributed by atoms with van der Waals surface area (Å²) in [6.07, 6.45) is 0.390. The molecule has 1 atom stereocenters. The highest BCUT2D eigenvalue weighted by molar-refractivity contribution is 5.96. The Labute approximate surface area is 159 Å². The number of anilines is 1. The lowest BCUT2D eigenvalue weighted by atomic mass is 10.0. The van der Waals surface area contributed by atoms with Gasteiger partial charge in [-0.15, -0.1) is 0 Å². The zero-order valence-electron chi connectivity index (χ0n) is 15.8. The molecule has 1 amide bonds. The van der Waals surface area contributed by atoms with Gasteiger partial charge in [0.2, 0.25) is 17.6 Å². The van der Waals surface area contributed by atoms with Gasteiger partial charge in [-0.2, -0.15) is 4.98 Å². The van der Waals surface area contributed by atoms with Crippen molar-refractivity contribution in [3.8, 4) is 11.4 Å². The van der Waals surface area contributed by atoms with Crippen molar-refractivity contribution < 1.29 is 9.32 Å². The Hall–Kier alpha value is -2.95. The van der Waals surface area contributed by atoms with E-state index in [4.69, 9.17) is 4.52 Å². The van der Waals surface area contributed by atoms with E-state index < -0.39 is 0 Å². The first-order valence-corrected chi connectivity index (χ1v) is 9.32. The van der Waals surface area contributed by atoms with Crippen LogP contribution in [-0.2, 0) is 4.79 Å². The van der Waals surface area contributed by atoms with Gasteiger partial charge >= 0.3 is 0 Å². The molecule has 0 spiro atoms. The molecule has 27 heavy (non-hydrogen) atoms. The van der Waals surface area contributed by atoms with Crippen LogP contribution in [0.4, 0.5) is 5.69 Å². The summed E-state index contributed by atoms with van der Waals surface area (Å²) in [5, 5.41) is 4.11. The summed E-state index contributed by atoms with van der Waals surface area (Å²) in [5.74, 6) is 1.59. The molecule has 0 radical (unpaired) electrons. The Bertz CT molecular complexity index is 960. The van der Waals surface area contributed by atoms with Gasteiger partial charge in [-0.05, 0) is 36.6 Å². The van der Waals surface area contributed by atoms with Gasteiger partial charge in [-0.1, -0.05) is 54.9 Å². The Morgan fingerprint density at radius 1 is 1.15 bits per heavy atom. The lowest BCUT2D eigenvalue weighted by Crippen LogP contribution is -2.24. The smallest absolute Gasteiger partial charge is 0.232 e. The van der Waals surface area contributed by atoms with Crippen LogP contribution in [0.2, 0.25) is 0 Å². The van der Waals surface area contributed by atoms with Crippen molar-refractivity contribution >= 4 is 11.6 Å². The van der Waals surface area contributed by atoms with E-state index in [0.29, 0.717) is 30.6 Å². The third kappa shape index (κ3) is 3.50. The van der Waals surface area contributed by atoms with E-state index in [1.165, 1.54) is 5.56 Å². The Morgan fingerprint density at radius 3 is 2.63 bits per heavy atom. The van der Waals surface area contributed by atoms with Crippen LogP contribution in [0.3, 0.4) is 0 Å². The minimum Gasteiger partial charge on any atom is -0.339 e. The van der Waals surface area contributed by atoms with Gasteiger partial charge in [0.1, 0.15) is 0 Å². The van der Waals surface area contributed by atoms with Gasteiger partial charge < -0.3 is 9.42 Å². The highest BCUT2D eigenvalue weighted by atomic mass is 16.5. The number of amides is 1. The Balaban J connectivity index is 1.52. The van der Waals surface area contributed by atoms with E-state index in [1.54, 1.807) is 0 Å². The summed E-state index contributed by atoms with van der Waals surface area (Å²) >= 11 is 0. The number of nitrogens with zero attached hydrogens (tertiary/aromatic N) is 3. The Morgan fingerprint density at radius 2 is 1.93 bits per heavy atom. The molecule has 0 saturated carbocycles. The summed E-state index contributed by atoms with van der Waals surface area (Å²) in [7, 11) is 0. The number of carbonyl (C=O) groups excluding carboxylic acids is 1. The number of hydrogen-bond acceptors (Lipinski definition) is 4. The highest BCUT2D eigenvalue weighted by Gasteiger charge is 2.35. The maximum absolute atomic E-state index is 12.5. The van der Waals surface area contributed by atoms with Crippen molar-refractivity contribution in [2.75, 3.05) is 11.4 Å². The Kier molecular flexibility index (Phi) is 4.52. The molecule has 0 bridgehead atoms. The summed E-state index contributed by atoms with van der Waals surface area (Å²) in [6, 6.07) is 16.2. The first-order valence-electron chi connectivity index (χ1n) is 9.32. The van der Waals surface area contributed by atoms with Crippen LogP contribution < -0.4 is 4.90 Å². The topological polar surface area (TPSA) is 59.2 Å². The van der Waals surface area contributed by atoms with Crippen molar-refractivity contribution in [3.63, 3.8) is 0 Å². The van der Waals surface area contributed by atoms with Gasteiger partial charge in [-0.3, -0.25) is 4.79 Å². The van der Waals surface area contributed by atoms with Gasteiger partial charge in [0.15, 0.2) is 0 Å². The quantitative estimate of drug-likeness (QED) is 0.676. The molecule has 2 aromatic carbocycles. The third-order valence-electron chi connectivity index (χ3n) is 5.06. The molecule has 4 rings (SSSR count). The average molecular weight is 361 g/mol. The molecule has 1 aromatic heterocycles. The molecule has 1 aliphatic rings. The van der Waals surface area contributed by atoms with Crippen molar-refractivity contribution in [2.45, 2.75) is 39.0 Å². The van der Waals surface area contributed by atoms with E-state index in [-0.39, 0.29) is 11.8 Å². The van der Waals surface area contributed by atoms with Crippen LogP contribution >= 0.6 is 0 Å². The van der Waals surface area contributed by atoms with Gasteiger partial charge in [0.05, 0.1) is 5.92 Å². The van der Waals surface area contributed by atoms with Crippen LogP contribution in [-0.4, -0.2) is 22.6 Å². The van der Waals surface area contributed by atoms with Crippen LogP contribution in [0.5, 0.6) is 0 Å². The molecule has 2 heterocycles. The first kappa shape index (κ1) is 17.5. The standard InChI is InChI=1S/C22H23N3O2/c1-14(2)16-7-9-19(10-8-16)25-13-18(12-20(25)26)22-23-21(24-27-22)17-6-4-5-15(3)11-17/h4-11,14,18H,12-13H2,1-3H3. The number of aromatic nitrogens is 2. The monoisotopic (exact) mass is 361 g/mol. The second kappa shape index (κ2) is 6.99. The fourth-order valence-corrected chi connectivity index (χ4v) is 3.46. The van der Waals surface area contributed by atoms with Crippen molar-refractivity contribution in [3.05, 3.63) is 65.5 Å². The van der Waals surface area contributed by atoms with Crippen molar-refractivity contribution in [1.29, 1.82) is 0 Å². The fraction of sp³-hybridized carbons (Fsp3) is 0.318. The fourth-order valence-electron chi connectivity index (χ4n) is 3.46. The SMILES string of the molecule is Cc1cccc(-c2noc(C3CC(=O)N(c4ccc(C(C)C)cc4)C3)n2)c1. The molecular weight excluding hydrogens is 338 g/mol. The van der Waals surface area contributed by atoms with Crippen molar-refractivity contribution in [1.82, 2.24) is 10.1 Å². The normalized spacial score (nSPS) is 17.1. The zero-order valence-corrected chi connectivity index (χ0v) is 15.8. The molecule has 0 aliphatic carbocycles. The van der Waals surface area contributed by atoms with Gasteiger partial charge in [-0.25, -0.2) is 0 Å². The third-order valence-corrected chi connectivity index (χ3v) is 5.06. The summed E-state index contributed by atoms with van der Waals surface area (Å²) in [5.41, 5.74) is 4.26. The highest BCUT2D eigenvalue weighted by Crippen LogP contribution is 2.32. The summed E-state index contributed by atoms with van der Waals surface area (Å²) < 4.78 is 5.49. The van der Waals surface area contributed by atoms with Crippen LogP contribution in [0.15, 0.2) is 53.1 Å². The van der Waals surface area contributed by atoms with E-state index >= 15 is 0 Å². The second-order valence-electron chi connectivity index (χ2n) is 7.48. The molecule has 3 aromatic rings. The average Bonchev–Trinajstić information content (AvgIpc) is 3.29. The maximum atomic E-state index is 12.5. The number of benzene rings is 2. The largest absolute Gasteiger partial charge is 0.339 e. The lowest BCUT2D eigenvalue weighted by molar-refractivity contribution is -0.117. The minimum absolute atomic E-state index is 0.0756. The molecular formula is C22H23N3O2. The van der Waals surface area contributed by atoms with Gasteiger partial charge in [0.25, 0.3) is 0 Å². The number of rotatable bonds is 4. The van der Waals surface area contributed by atoms with E-state index in [9.17, 15) is 4.79 Å². The molecule has 0 N–H and O–H groups in total. The summed E-state index contributed by atoms with van der Waals surface area (Å²) in [4.78, 5) is 18.9. The molecule has 1 fully saturated rings. The first-order chi connectivity index (χ1) is 13.0. The molecule has 5 heteroatoms. The van der Waals surface area contributed by atoms with E-state index in [0.717, 1.165) is 16.8 Å². The summed E-state index contributed by atoms with van der Waals surface area (Å²) in [6.45, 7) is 6.92. The second-order valence-corrected chi connectivity index (χ2v) is 7.48. The number of hydrogen-bond donors (Lipinski definition) is 0. The molecule has 1 aliphatic heterocycles. The van der Waals surface area contributed by atoms with Crippen molar-refractivity contribution in [2.24, 2.45) is 0 Å². The molecule has 1 unspecified atom stereocenters. The number of carbonyl (C=O) groups is 1. The van der Waals surface area contributed by atoms with Crippen LogP contribution in [0, 0.1) is 6.92 Å². The zero-order chi connectivity index (χ0) is 19.0. The van der Waals surface area contributed by atoms with Gasteiger partial charge in [0, 0.05) is 24.2 Å². The maximum Gasteiger partial charge on any atom is 0.232 e. The molecule has 138 valence electrons. The molecule has 5 nitrogen and oxygen atoms in total. The predicted octanol–water partition coefficient (Wildman–Crippen LogP) is 4.69. The molecule has 1 saturated heterocycles. The minimum atomic E-state index is -0.0756. The number of aryl methyl sites for hydroxylation is 1. The van der Waals surface area contributed by atoms with E-state index in [1.807, 2.05) is 48.2 Å². The van der Waals surface area contributed by atoms with E-state index in [2.05, 4.69) is 36.1 Å². The van der Waals surface area contributed by atoms with Crippen LogP contribution in [0.1, 0.15) is 49.1 Å². The predicted molar refractivity (Wildman–Crippen MR) is 105 cm³/mol.